The summed E-state index contributed by atoms with van der Waals surface area (Å²) in [5.41, 5.74) is 4.96. The first-order valence-electron chi connectivity index (χ1n) is 11.4. The number of para-hydroxylation sites is 1. The first-order chi connectivity index (χ1) is 17.0. The first kappa shape index (κ1) is 24.0. The van der Waals surface area contributed by atoms with E-state index in [1.54, 1.807) is 18.9 Å². The van der Waals surface area contributed by atoms with E-state index in [9.17, 15) is 4.79 Å². The number of methoxy groups -OCH3 is 2. The van der Waals surface area contributed by atoms with Crippen LogP contribution >= 0.6 is 0 Å². The van der Waals surface area contributed by atoms with Gasteiger partial charge in [0.15, 0.2) is 17.2 Å². The van der Waals surface area contributed by atoms with Crippen LogP contribution in [0.2, 0.25) is 0 Å². The molecule has 0 fully saturated rings. The molecule has 7 heteroatoms. The van der Waals surface area contributed by atoms with E-state index >= 15 is 0 Å². The van der Waals surface area contributed by atoms with Gasteiger partial charge in [-0.1, -0.05) is 48.5 Å². The van der Waals surface area contributed by atoms with E-state index in [4.69, 9.17) is 9.47 Å². The molecular weight excluding hydrogens is 440 g/mol. The predicted octanol–water partition coefficient (Wildman–Crippen LogP) is 4.55. The highest BCUT2D eigenvalue weighted by Gasteiger charge is 2.20. The summed E-state index contributed by atoms with van der Waals surface area (Å²) in [4.78, 5) is 15.5. The average Bonchev–Trinajstić information content (AvgIpc) is 3.33. The molecule has 0 aliphatic carbocycles. The molecular formula is C28H30N4O3. The number of carbonyl (C=O) groups excluding carboxylic acids is 1. The summed E-state index contributed by atoms with van der Waals surface area (Å²) in [6, 6.07) is 23.4. The lowest BCUT2D eigenvalue weighted by Crippen LogP contribution is -2.25. The van der Waals surface area contributed by atoms with Crippen molar-refractivity contribution in [2.75, 3.05) is 28.3 Å². The van der Waals surface area contributed by atoms with Crippen molar-refractivity contribution in [3.8, 4) is 28.3 Å². The molecule has 1 N–H and O–H groups in total. The van der Waals surface area contributed by atoms with E-state index in [1.165, 1.54) is 5.56 Å². The van der Waals surface area contributed by atoms with E-state index in [1.807, 2.05) is 87.0 Å². The molecule has 4 rings (SSSR count). The van der Waals surface area contributed by atoms with E-state index in [0.29, 0.717) is 29.3 Å². The van der Waals surface area contributed by atoms with Gasteiger partial charge < -0.3 is 19.7 Å². The predicted molar refractivity (Wildman–Crippen MR) is 137 cm³/mol. The Morgan fingerprint density at radius 2 is 1.60 bits per heavy atom. The fourth-order valence-corrected chi connectivity index (χ4v) is 3.95. The standard InChI is InChI=1S/C28H30N4O3/c1-31(2)18-22-11-9-8-10-21(22)17-29-28(33)27-24(19-32(30-27)23-12-6-5-7-13-23)20-14-15-25(34-3)26(16-20)35-4/h5-16,19H,17-18H2,1-4H3,(H,29,33). The normalized spacial score (nSPS) is 10.9. The maximum atomic E-state index is 13.4. The van der Waals surface area contributed by atoms with Gasteiger partial charge in [0.1, 0.15) is 0 Å². The number of amides is 1. The van der Waals surface area contributed by atoms with Gasteiger partial charge >= 0.3 is 0 Å². The van der Waals surface area contributed by atoms with Gasteiger partial charge in [0.05, 0.1) is 19.9 Å². The minimum atomic E-state index is -0.246. The van der Waals surface area contributed by atoms with Gasteiger partial charge in [-0.25, -0.2) is 4.68 Å². The number of nitrogens with one attached hydrogen (secondary N) is 1. The van der Waals surface area contributed by atoms with E-state index in [-0.39, 0.29) is 5.91 Å². The van der Waals surface area contributed by atoms with Crippen LogP contribution < -0.4 is 14.8 Å². The zero-order valence-electron chi connectivity index (χ0n) is 20.5. The molecule has 1 heterocycles. The van der Waals surface area contributed by atoms with Crippen molar-refractivity contribution in [2.45, 2.75) is 13.1 Å². The second-order valence-corrected chi connectivity index (χ2v) is 8.43. The molecule has 180 valence electrons. The number of benzene rings is 3. The van der Waals surface area contributed by atoms with Crippen LogP contribution in [0.25, 0.3) is 16.8 Å². The summed E-state index contributed by atoms with van der Waals surface area (Å²) < 4.78 is 12.6. The lowest BCUT2D eigenvalue weighted by molar-refractivity contribution is 0.0946. The third-order valence-corrected chi connectivity index (χ3v) is 5.69. The molecule has 0 aliphatic rings. The highest BCUT2D eigenvalue weighted by atomic mass is 16.5. The molecule has 0 saturated carbocycles. The van der Waals surface area contributed by atoms with Crippen molar-refractivity contribution in [1.29, 1.82) is 0 Å². The summed E-state index contributed by atoms with van der Waals surface area (Å²) in [7, 11) is 7.24. The molecule has 35 heavy (non-hydrogen) atoms. The van der Waals surface area contributed by atoms with Gasteiger partial charge in [-0.3, -0.25) is 4.79 Å². The number of aromatic nitrogens is 2. The quantitative estimate of drug-likeness (QED) is 0.389. The largest absolute Gasteiger partial charge is 0.493 e. The Hall–Kier alpha value is -4.10. The summed E-state index contributed by atoms with van der Waals surface area (Å²) in [5.74, 6) is 0.959. The molecule has 0 radical (unpaired) electrons. The van der Waals surface area contributed by atoms with E-state index in [0.717, 1.165) is 23.4 Å². The third-order valence-electron chi connectivity index (χ3n) is 5.69. The van der Waals surface area contributed by atoms with Crippen LogP contribution in [0.4, 0.5) is 0 Å². The summed E-state index contributed by atoms with van der Waals surface area (Å²) in [5, 5.41) is 7.73. The number of hydrogen-bond acceptors (Lipinski definition) is 5. The highest BCUT2D eigenvalue weighted by Crippen LogP contribution is 2.34. The smallest absolute Gasteiger partial charge is 0.272 e. The maximum Gasteiger partial charge on any atom is 0.272 e. The molecule has 4 aromatic rings. The Labute approximate surface area is 205 Å². The van der Waals surface area contributed by atoms with Crippen LogP contribution in [0.1, 0.15) is 21.6 Å². The zero-order valence-corrected chi connectivity index (χ0v) is 20.5. The van der Waals surface area contributed by atoms with Crippen molar-refractivity contribution in [1.82, 2.24) is 20.0 Å². The van der Waals surface area contributed by atoms with Crippen LogP contribution in [-0.2, 0) is 13.1 Å². The Kier molecular flexibility index (Phi) is 7.48. The second-order valence-electron chi connectivity index (χ2n) is 8.43. The van der Waals surface area contributed by atoms with E-state index in [2.05, 4.69) is 21.4 Å². The fourth-order valence-electron chi connectivity index (χ4n) is 3.95. The van der Waals surface area contributed by atoms with Gasteiger partial charge in [-0.2, -0.15) is 5.10 Å². The van der Waals surface area contributed by atoms with Gasteiger partial charge in [-0.05, 0) is 55.1 Å². The topological polar surface area (TPSA) is 68.6 Å². The van der Waals surface area contributed by atoms with E-state index < -0.39 is 0 Å². The van der Waals surface area contributed by atoms with Gasteiger partial charge in [0.25, 0.3) is 5.91 Å². The molecule has 0 spiro atoms. The van der Waals surface area contributed by atoms with Crippen LogP contribution in [-0.4, -0.2) is 48.9 Å². The number of hydrogen-bond donors (Lipinski definition) is 1. The van der Waals surface area contributed by atoms with Gasteiger partial charge in [0.2, 0.25) is 0 Å². The monoisotopic (exact) mass is 470 g/mol. The molecule has 0 saturated heterocycles. The molecule has 0 aliphatic heterocycles. The summed E-state index contributed by atoms with van der Waals surface area (Å²) >= 11 is 0. The first-order valence-corrected chi connectivity index (χ1v) is 11.4. The van der Waals surface area contributed by atoms with Crippen LogP contribution in [0.15, 0.2) is 79.0 Å². The molecule has 3 aromatic carbocycles. The minimum absolute atomic E-state index is 0.246. The highest BCUT2D eigenvalue weighted by molar-refractivity contribution is 5.99. The average molecular weight is 471 g/mol. The molecule has 7 nitrogen and oxygen atoms in total. The second kappa shape index (κ2) is 10.9. The molecule has 0 bridgehead atoms. The van der Waals surface area contributed by atoms with Crippen LogP contribution in [0.3, 0.4) is 0 Å². The number of nitrogens with zero attached hydrogens (tertiary/aromatic N) is 3. The van der Waals surface area contributed by atoms with Crippen LogP contribution in [0.5, 0.6) is 11.5 Å². The van der Waals surface area contributed by atoms with Crippen LogP contribution in [0, 0.1) is 0 Å². The molecule has 0 unspecified atom stereocenters. The Morgan fingerprint density at radius 1 is 0.914 bits per heavy atom. The lowest BCUT2D eigenvalue weighted by atomic mass is 10.0. The number of ether oxygens (including phenoxy) is 2. The summed E-state index contributed by atoms with van der Waals surface area (Å²) in [6.07, 6.45) is 1.87. The van der Waals surface area contributed by atoms with Crippen molar-refractivity contribution in [3.63, 3.8) is 0 Å². The Bertz CT molecular complexity index is 1300. The fraction of sp³-hybridized carbons (Fsp3) is 0.214. The lowest BCUT2D eigenvalue weighted by Gasteiger charge is -2.14. The van der Waals surface area contributed by atoms with Crippen molar-refractivity contribution < 1.29 is 14.3 Å². The van der Waals surface area contributed by atoms with Gasteiger partial charge in [-0.15, -0.1) is 0 Å². The number of rotatable bonds is 9. The molecule has 1 aromatic heterocycles. The maximum absolute atomic E-state index is 13.4. The molecule has 1 amide bonds. The third kappa shape index (κ3) is 5.53. The van der Waals surface area contributed by atoms with Crippen molar-refractivity contribution in [3.05, 3.63) is 95.8 Å². The molecule has 0 atom stereocenters. The Balaban J connectivity index is 1.68. The van der Waals surface area contributed by atoms with Gasteiger partial charge in [0, 0.05) is 24.8 Å². The SMILES string of the molecule is COc1ccc(-c2cn(-c3ccccc3)nc2C(=O)NCc2ccccc2CN(C)C)cc1OC. The summed E-state index contributed by atoms with van der Waals surface area (Å²) in [6.45, 7) is 1.21. The Morgan fingerprint density at radius 3 is 2.29 bits per heavy atom. The zero-order chi connectivity index (χ0) is 24.8. The number of carbonyl (C=O) groups is 1. The van der Waals surface area contributed by atoms with Crippen molar-refractivity contribution >= 4 is 5.91 Å². The van der Waals surface area contributed by atoms with Crippen molar-refractivity contribution in [2.24, 2.45) is 0 Å². The minimum Gasteiger partial charge on any atom is -0.493 e.